The molecule has 0 radical (unpaired) electrons. The van der Waals surface area contributed by atoms with Gasteiger partial charge in [-0.05, 0) is 72.7 Å². The summed E-state index contributed by atoms with van der Waals surface area (Å²) in [5.41, 5.74) is 0.759. The maximum atomic E-state index is 13.2. The third kappa shape index (κ3) is 5.92. The Hall–Kier alpha value is -3.36. The number of benzene rings is 3. The quantitative estimate of drug-likeness (QED) is 0.302. The maximum absolute atomic E-state index is 13.2. The second-order valence-corrected chi connectivity index (χ2v) is 12.5. The van der Waals surface area contributed by atoms with Gasteiger partial charge in [0, 0.05) is 17.7 Å². The fourth-order valence-electron chi connectivity index (χ4n) is 5.53. The standard InChI is InChI=1S/C34H38ClNO6/c1-32(2)18-19-33(3,42-21-32)17-16-23-8-15-27-28(29(23)41-20-22-6-11-25(35)12-7-22)34(38,30(40-5)31(37)36-27)24-9-13-26(39-4)14-10-24/h6-17,30,38H,18-21H2,1-5H3,(H,36,37)/b17-16+. The molecule has 3 atom stereocenters. The summed E-state index contributed by atoms with van der Waals surface area (Å²) in [6.45, 7) is 7.38. The summed E-state index contributed by atoms with van der Waals surface area (Å²) < 4.78 is 23.8. The molecule has 2 aliphatic heterocycles. The number of hydrogen-bond acceptors (Lipinski definition) is 6. The van der Waals surface area contributed by atoms with Crippen molar-refractivity contribution >= 4 is 29.3 Å². The summed E-state index contributed by atoms with van der Waals surface area (Å²) in [5, 5.41) is 16.1. The highest BCUT2D eigenvalue weighted by molar-refractivity contribution is 6.30. The third-order valence-electron chi connectivity index (χ3n) is 8.21. The number of fused-ring (bicyclic) bond motifs is 1. The number of aliphatic hydroxyl groups is 1. The lowest BCUT2D eigenvalue weighted by Gasteiger charge is -2.41. The molecule has 7 nitrogen and oxygen atoms in total. The fourth-order valence-corrected chi connectivity index (χ4v) is 5.66. The molecule has 5 rings (SSSR count). The Kier molecular flexibility index (Phi) is 8.41. The van der Waals surface area contributed by atoms with E-state index in [9.17, 15) is 9.90 Å². The van der Waals surface area contributed by atoms with Crippen LogP contribution in [0, 0.1) is 5.41 Å². The molecular formula is C34H38ClNO6. The Morgan fingerprint density at radius 3 is 2.36 bits per heavy atom. The molecule has 1 saturated heterocycles. The summed E-state index contributed by atoms with van der Waals surface area (Å²) in [6.07, 6.45) is 4.71. The Balaban J connectivity index is 1.65. The Bertz CT molecular complexity index is 1460. The summed E-state index contributed by atoms with van der Waals surface area (Å²) >= 11 is 6.11. The molecule has 0 aliphatic carbocycles. The van der Waals surface area contributed by atoms with E-state index in [1.807, 2.05) is 24.3 Å². The predicted molar refractivity (Wildman–Crippen MR) is 164 cm³/mol. The van der Waals surface area contributed by atoms with Gasteiger partial charge in [-0.3, -0.25) is 4.79 Å². The molecule has 3 aromatic rings. The highest BCUT2D eigenvalue weighted by atomic mass is 35.5. The highest BCUT2D eigenvalue weighted by Crippen LogP contribution is 2.49. The number of methoxy groups -OCH3 is 2. The van der Waals surface area contributed by atoms with Gasteiger partial charge in [0.1, 0.15) is 18.1 Å². The molecule has 222 valence electrons. The third-order valence-corrected chi connectivity index (χ3v) is 8.47. The van der Waals surface area contributed by atoms with Crippen LogP contribution in [0.4, 0.5) is 5.69 Å². The highest BCUT2D eigenvalue weighted by Gasteiger charge is 2.52. The molecule has 0 spiro atoms. The van der Waals surface area contributed by atoms with Gasteiger partial charge in [-0.15, -0.1) is 0 Å². The molecule has 1 fully saturated rings. The van der Waals surface area contributed by atoms with Gasteiger partial charge in [0.15, 0.2) is 11.7 Å². The first kappa shape index (κ1) is 30.1. The van der Waals surface area contributed by atoms with E-state index >= 15 is 0 Å². The van der Waals surface area contributed by atoms with Crippen LogP contribution in [0.5, 0.6) is 11.5 Å². The van der Waals surface area contributed by atoms with Gasteiger partial charge in [0.25, 0.3) is 5.91 Å². The van der Waals surface area contributed by atoms with Crippen molar-refractivity contribution in [2.24, 2.45) is 5.41 Å². The van der Waals surface area contributed by atoms with E-state index < -0.39 is 23.2 Å². The van der Waals surface area contributed by atoms with Crippen molar-refractivity contribution in [3.8, 4) is 11.5 Å². The number of hydrogen-bond donors (Lipinski definition) is 2. The zero-order valence-electron chi connectivity index (χ0n) is 24.7. The zero-order valence-corrected chi connectivity index (χ0v) is 25.5. The smallest absolute Gasteiger partial charge is 0.257 e. The monoisotopic (exact) mass is 591 g/mol. The number of carbonyl (C=O) groups excluding carboxylic acids is 1. The Labute approximate surface area is 252 Å². The number of ether oxygens (including phenoxy) is 4. The lowest BCUT2D eigenvalue weighted by Crippen LogP contribution is -2.53. The number of amides is 1. The van der Waals surface area contributed by atoms with Crippen LogP contribution in [-0.4, -0.2) is 43.5 Å². The SMILES string of the molecule is COc1ccc(C2(O)c3c(ccc(/C=C/C4(C)CCC(C)(C)CO4)c3OCc3ccc(Cl)cc3)NC(=O)C2OC)cc1. The molecule has 2 aliphatic rings. The van der Waals surface area contributed by atoms with Gasteiger partial charge >= 0.3 is 0 Å². The van der Waals surface area contributed by atoms with Crippen LogP contribution in [0.1, 0.15) is 55.9 Å². The minimum atomic E-state index is -1.87. The summed E-state index contributed by atoms with van der Waals surface area (Å²) in [6, 6.07) is 18.0. The summed E-state index contributed by atoms with van der Waals surface area (Å²) in [5.74, 6) is 0.594. The first-order chi connectivity index (χ1) is 20.0. The van der Waals surface area contributed by atoms with Crippen molar-refractivity contribution in [1.29, 1.82) is 0 Å². The zero-order chi connectivity index (χ0) is 30.1. The second kappa shape index (κ2) is 11.7. The second-order valence-electron chi connectivity index (χ2n) is 12.0. The van der Waals surface area contributed by atoms with Gasteiger partial charge in [-0.25, -0.2) is 0 Å². The number of carbonyl (C=O) groups is 1. The van der Waals surface area contributed by atoms with Crippen molar-refractivity contribution < 1.29 is 28.8 Å². The van der Waals surface area contributed by atoms with E-state index in [1.54, 1.807) is 49.6 Å². The van der Waals surface area contributed by atoms with Crippen LogP contribution < -0.4 is 14.8 Å². The largest absolute Gasteiger partial charge is 0.497 e. The molecule has 0 saturated carbocycles. The summed E-state index contributed by atoms with van der Waals surface area (Å²) in [4.78, 5) is 13.2. The average molecular weight is 592 g/mol. The minimum Gasteiger partial charge on any atom is -0.497 e. The number of halogens is 1. The van der Waals surface area contributed by atoms with E-state index in [0.717, 1.165) is 24.0 Å². The fraction of sp³-hybridized carbons (Fsp3) is 0.382. The Morgan fingerprint density at radius 1 is 1.02 bits per heavy atom. The van der Waals surface area contributed by atoms with Crippen molar-refractivity contribution in [3.05, 3.63) is 94.0 Å². The van der Waals surface area contributed by atoms with Crippen LogP contribution in [0.25, 0.3) is 6.08 Å². The molecule has 3 aromatic carbocycles. The Morgan fingerprint density at radius 2 is 1.74 bits per heavy atom. The van der Waals surface area contributed by atoms with Gasteiger partial charge in [0.05, 0.1) is 30.6 Å². The topological polar surface area (TPSA) is 86.3 Å². The normalized spacial score (nSPS) is 25.1. The molecule has 2 heterocycles. The van der Waals surface area contributed by atoms with E-state index in [0.29, 0.717) is 39.9 Å². The molecule has 8 heteroatoms. The van der Waals surface area contributed by atoms with Crippen molar-refractivity contribution in [2.75, 3.05) is 26.1 Å². The maximum Gasteiger partial charge on any atom is 0.257 e. The molecule has 1 amide bonds. The number of nitrogens with one attached hydrogen (secondary N) is 1. The van der Waals surface area contributed by atoms with Crippen molar-refractivity contribution in [2.45, 2.75) is 57.5 Å². The van der Waals surface area contributed by atoms with E-state index in [4.69, 9.17) is 30.5 Å². The lowest BCUT2D eigenvalue weighted by atomic mass is 9.76. The van der Waals surface area contributed by atoms with E-state index in [-0.39, 0.29) is 12.0 Å². The molecule has 0 aromatic heterocycles. The van der Waals surface area contributed by atoms with Gasteiger partial charge in [-0.1, -0.05) is 61.9 Å². The molecule has 3 unspecified atom stereocenters. The number of rotatable bonds is 8. The van der Waals surface area contributed by atoms with E-state index in [2.05, 4.69) is 32.2 Å². The van der Waals surface area contributed by atoms with Crippen molar-refractivity contribution in [1.82, 2.24) is 0 Å². The van der Waals surface area contributed by atoms with Gasteiger partial charge in [0.2, 0.25) is 0 Å². The van der Waals surface area contributed by atoms with Crippen LogP contribution in [0.2, 0.25) is 5.02 Å². The van der Waals surface area contributed by atoms with Crippen LogP contribution in [0.15, 0.2) is 66.7 Å². The van der Waals surface area contributed by atoms with Crippen LogP contribution in [-0.2, 0) is 26.5 Å². The van der Waals surface area contributed by atoms with Gasteiger partial charge in [-0.2, -0.15) is 0 Å². The first-order valence-corrected chi connectivity index (χ1v) is 14.4. The first-order valence-electron chi connectivity index (χ1n) is 14.1. The predicted octanol–water partition coefficient (Wildman–Crippen LogP) is 6.74. The molecule has 2 N–H and O–H groups in total. The molecule has 0 bridgehead atoms. The molecular weight excluding hydrogens is 554 g/mol. The molecule has 42 heavy (non-hydrogen) atoms. The minimum absolute atomic E-state index is 0.133. The number of anilines is 1. The van der Waals surface area contributed by atoms with Gasteiger partial charge < -0.3 is 29.4 Å². The summed E-state index contributed by atoms with van der Waals surface area (Å²) in [7, 11) is 2.98. The van der Waals surface area contributed by atoms with E-state index in [1.165, 1.54) is 7.11 Å². The van der Waals surface area contributed by atoms with Crippen LogP contribution >= 0.6 is 11.6 Å². The average Bonchev–Trinajstić information content (AvgIpc) is 2.98. The van der Waals surface area contributed by atoms with Crippen LogP contribution in [0.3, 0.4) is 0 Å². The lowest BCUT2D eigenvalue weighted by molar-refractivity contribution is -0.142. The van der Waals surface area contributed by atoms with Crippen molar-refractivity contribution in [3.63, 3.8) is 0 Å².